The molecule has 1 aromatic heterocycles. The zero-order chi connectivity index (χ0) is 24.3. The van der Waals surface area contributed by atoms with Gasteiger partial charge in [0.15, 0.2) is 6.61 Å². The second-order valence-electron chi connectivity index (χ2n) is 8.93. The molecule has 0 saturated heterocycles. The molecular formula is C25H26BrNO6. The van der Waals surface area contributed by atoms with Crippen molar-refractivity contribution in [2.45, 2.75) is 46.1 Å². The molecule has 3 rings (SSSR count). The molecule has 0 bridgehead atoms. The van der Waals surface area contributed by atoms with Gasteiger partial charge in [-0.25, -0.2) is 9.59 Å². The summed E-state index contributed by atoms with van der Waals surface area (Å²) in [6.07, 6.45) is 0. The highest BCUT2D eigenvalue weighted by Crippen LogP contribution is 2.33. The van der Waals surface area contributed by atoms with Crippen molar-refractivity contribution in [2.24, 2.45) is 0 Å². The summed E-state index contributed by atoms with van der Waals surface area (Å²) in [5.41, 5.74) is 0.129. The average Bonchev–Trinajstić information content (AvgIpc) is 2.71. The molecule has 7 nitrogen and oxygen atoms in total. The molecule has 33 heavy (non-hydrogen) atoms. The third-order valence-corrected chi connectivity index (χ3v) is 5.19. The zero-order valence-electron chi connectivity index (χ0n) is 19.2. The minimum absolute atomic E-state index is 0.0847. The van der Waals surface area contributed by atoms with E-state index in [1.54, 1.807) is 32.0 Å². The van der Waals surface area contributed by atoms with Gasteiger partial charge in [-0.1, -0.05) is 36.7 Å². The molecule has 1 amide bonds. The fourth-order valence-corrected chi connectivity index (χ4v) is 3.53. The first-order valence-electron chi connectivity index (χ1n) is 10.5. The highest BCUT2D eigenvalue weighted by atomic mass is 79.9. The Balaban J connectivity index is 1.73. The predicted octanol–water partition coefficient (Wildman–Crippen LogP) is 4.98. The topological polar surface area (TPSA) is 94.8 Å². The van der Waals surface area contributed by atoms with Crippen molar-refractivity contribution >= 4 is 38.8 Å². The maximum atomic E-state index is 12.4. The third kappa shape index (κ3) is 6.22. The number of esters is 1. The van der Waals surface area contributed by atoms with Crippen LogP contribution in [-0.2, 0) is 10.2 Å². The second-order valence-corrected chi connectivity index (χ2v) is 9.84. The van der Waals surface area contributed by atoms with Gasteiger partial charge in [0.25, 0.3) is 5.91 Å². The number of halogens is 1. The van der Waals surface area contributed by atoms with Crippen LogP contribution in [0, 0.1) is 0 Å². The molecule has 8 heteroatoms. The van der Waals surface area contributed by atoms with Gasteiger partial charge in [0.2, 0.25) is 0 Å². The molecule has 0 aliphatic heterocycles. The van der Waals surface area contributed by atoms with Crippen LogP contribution in [0.2, 0.25) is 0 Å². The Morgan fingerprint density at radius 2 is 1.82 bits per heavy atom. The summed E-state index contributed by atoms with van der Waals surface area (Å²) in [5.74, 6) is -0.312. The van der Waals surface area contributed by atoms with Gasteiger partial charge >= 0.3 is 11.6 Å². The quantitative estimate of drug-likeness (QED) is 0.282. The summed E-state index contributed by atoms with van der Waals surface area (Å²) in [5, 5.41) is 3.19. The van der Waals surface area contributed by atoms with Crippen molar-refractivity contribution in [1.82, 2.24) is 5.32 Å². The largest absolute Gasteiger partial charge is 0.482 e. The lowest BCUT2D eigenvalue weighted by Crippen LogP contribution is -2.33. The van der Waals surface area contributed by atoms with Crippen LogP contribution in [0.4, 0.5) is 0 Å². The van der Waals surface area contributed by atoms with Gasteiger partial charge in [-0.3, -0.25) is 4.79 Å². The number of hydrogen-bond acceptors (Lipinski definition) is 6. The van der Waals surface area contributed by atoms with Crippen molar-refractivity contribution in [3.63, 3.8) is 0 Å². The smallest absolute Gasteiger partial charge is 0.349 e. The number of carbonyl (C=O) groups excluding carboxylic acids is 2. The number of hydrogen-bond donors (Lipinski definition) is 1. The molecule has 1 heterocycles. The summed E-state index contributed by atoms with van der Waals surface area (Å²) in [6, 6.07) is 11.5. The normalized spacial score (nSPS) is 11.5. The lowest BCUT2D eigenvalue weighted by atomic mass is 9.86. The Labute approximate surface area is 200 Å². The van der Waals surface area contributed by atoms with E-state index in [4.69, 9.17) is 13.9 Å². The van der Waals surface area contributed by atoms with Crippen LogP contribution in [-0.4, -0.2) is 24.5 Å². The summed E-state index contributed by atoms with van der Waals surface area (Å²) in [7, 11) is 0. The van der Waals surface area contributed by atoms with Crippen molar-refractivity contribution in [2.75, 3.05) is 6.61 Å². The number of fused-ring (bicyclic) bond motifs is 1. The van der Waals surface area contributed by atoms with Gasteiger partial charge in [-0.05, 0) is 55.7 Å². The number of ether oxygens (including phenoxy) is 2. The second kappa shape index (κ2) is 9.79. The van der Waals surface area contributed by atoms with Crippen molar-refractivity contribution in [1.29, 1.82) is 0 Å². The van der Waals surface area contributed by atoms with Crippen LogP contribution >= 0.6 is 15.9 Å². The van der Waals surface area contributed by atoms with E-state index in [0.717, 1.165) is 10.0 Å². The summed E-state index contributed by atoms with van der Waals surface area (Å²) in [6.45, 7) is 9.47. The molecule has 0 fully saturated rings. The number of amides is 1. The molecule has 2 aromatic carbocycles. The molecule has 0 aliphatic carbocycles. The van der Waals surface area contributed by atoms with Crippen LogP contribution in [0.5, 0.6) is 11.5 Å². The summed E-state index contributed by atoms with van der Waals surface area (Å²) >= 11 is 3.46. The summed E-state index contributed by atoms with van der Waals surface area (Å²) < 4.78 is 17.3. The first kappa shape index (κ1) is 24.5. The van der Waals surface area contributed by atoms with Crippen LogP contribution in [0.3, 0.4) is 0 Å². The fraction of sp³-hybridized carbons (Fsp3) is 0.320. The van der Waals surface area contributed by atoms with E-state index >= 15 is 0 Å². The van der Waals surface area contributed by atoms with Crippen LogP contribution in [0.25, 0.3) is 11.0 Å². The van der Waals surface area contributed by atoms with Gasteiger partial charge < -0.3 is 19.2 Å². The Morgan fingerprint density at radius 1 is 1.09 bits per heavy atom. The fourth-order valence-electron chi connectivity index (χ4n) is 3.17. The average molecular weight is 516 g/mol. The van der Waals surface area contributed by atoms with Crippen LogP contribution in [0.15, 0.2) is 56.1 Å². The molecule has 0 atom stereocenters. The molecule has 174 valence electrons. The minimum Gasteiger partial charge on any atom is -0.482 e. The van der Waals surface area contributed by atoms with E-state index in [9.17, 15) is 14.4 Å². The Morgan fingerprint density at radius 3 is 2.48 bits per heavy atom. The van der Waals surface area contributed by atoms with Crippen molar-refractivity contribution in [3.05, 3.63) is 68.5 Å². The van der Waals surface area contributed by atoms with E-state index in [-0.39, 0.29) is 35.0 Å². The van der Waals surface area contributed by atoms with Gasteiger partial charge in [-0.15, -0.1) is 0 Å². The SMILES string of the molecule is CC(C)NC(=O)c1cc2ccc(OC(=O)COc3ccc(Br)cc3C(C)(C)C)cc2oc1=O. The molecule has 0 unspecified atom stereocenters. The van der Waals surface area contributed by atoms with Gasteiger partial charge in [0.1, 0.15) is 22.6 Å². The Hall–Kier alpha value is -3.13. The minimum atomic E-state index is -0.766. The zero-order valence-corrected chi connectivity index (χ0v) is 20.7. The number of carbonyl (C=O) groups is 2. The molecule has 0 aliphatic rings. The van der Waals surface area contributed by atoms with Crippen molar-refractivity contribution in [3.8, 4) is 11.5 Å². The lowest BCUT2D eigenvalue weighted by molar-refractivity contribution is -0.136. The number of benzene rings is 2. The third-order valence-electron chi connectivity index (χ3n) is 4.70. The van der Waals surface area contributed by atoms with Gasteiger partial charge in [-0.2, -0.15) is 0 Å². The first-order chi connectivity index (χ1) is 15.4. The van der Waals surface area contributed by atoms with Gasteiger partial charge in [0.05, 0.1) is 0 Å². The van der Waals surface area contributed by atoms with Crippen LogP contribution in [0.1, 0.15) is 50.5 Å². The Bertz CT molecular complexity index is 1260. The van der Waals surface area contributed by atoms with E-state index in [0.29, 0.717) is 11.1 Å². The van der Waals surface area contributed by atoms with E-state index < -0.39 is 17.5 Å². The van der Waals surface area contributed by atoms with Crippen LogP contribution < -0.4 is 20.4 Å². The molecular weight excluding hydrogens is 490 g/mol. The molecule has 0 spiro atoms. The van der Waals surface area contributed by atoms with E-state index in [2.05, 4.69) is 42.0 Å². The van der Waals surface area contributed by atoms with Gasteiger partial charge in [0, 0.05) is 27.5 Å². The molecule has 0 radical (unpaired) electrons. The molecule has 0 saturated carbocycles. The highest BCUT2D eigenvalue weighted by Gasteiger charge is 2.20. The number of nitrogens with one attached hydrogen (secondary N) is 1. The van der Waals surface area contributed by atoms with E-state index in [1.807, 2.05) is 12.1 Å². The summed E-state index contributed by atoms with van der Waals surface area (Å²) in [4.78, 5) is 36.8. The standard InChI is InChI=1S/C25H26BrNO6/c1-14(2)27-23(29)18-10-15-6-8-17(12-21(15)33-24(18)30)32-22(28)13-31-20-9-7-16(26)11-19(20)25(3,4)5/h6-12,14H,13H2,1-5H3,(H,27,29). The lowest BCUT2D eigenvalue weighted by Gasteiger charge is -2.23. The monoisotopic (exact) mass is 515 g/mol. The van der Waals surface area contributed by atoms with E-state index in [1.165, 1.54) is 12.1 Å². The first-order valence-corrected chi connectivity index (χ1v) is 11.3. The number of rotatable bonds is 6. The maximum absolute atomic E-state index is 12.4. The Kier molecular flexibility index (Phi) is 7.27. The molecule has 3 aromatic rings. The van der Waals surface area contributed by atoms with Crippen molar-refractivity contribution < 1.29 is 23.5 Å². The molecule has 1 N–H and O–H groups in total. The maximum Gasteiger partial charge on any atom is 0.349 e. The highest BCUT2D eigenvalue weighted by molar-refractivity contribution is 9.10. The predicted molar refractivity (Wildman–Crippen MR) is 129 cm³/mol.